The number of carbonyl (C=O) groups excluding carboxylic acids is 1. The van der Waals surface area contributed by atoms with Crippen LogP contribution in [0, 0.1) is 5.41 Å². The molecule has 0 spiro atoms. The molecule has 0 aromatic carbocycles. The molecule has 0 radical (unpaired) electrons. The van der Waals surface area contributed by atoms with E-state index in [0.717, 1.165) is 22.7 Å². The summed E-state index contributed by atoms with van der Waals surface area (Å²) < 4.78 is 4.05. The summed E-state index contributed by atoms with van der Waals surface area (Å²) in [5, 5.41) is 0. The van der Waals surface area contributed by atoms with Crippen molar-refractivity contribution >= 4 is 17.2 Å². The average Bonchev–Trinajstić information content (AvgIpc) is 3.25. The monoisotopic (exact) mass is 361 g/mol. The van der Waals surface area contributed by atoms with Crippen LogP contribution < -0.4 is 0 Å². The molecule has 0 bridgehead atoms. The van der Waals surface area contributed by atoms with Gasteiger partial charge in [0.05, 0.1) is 36.9 Å². The number of nitrogens with zero attached hydrogens (tertiary/aromatic N) is 5. The van der Waals surface area contributed by atoms with E-state index in [4.69, 9.17) is 0 Å². The zero-order valence-electron chi connectivity index (χ0n) is 15.8. The van der Waals surface area contributed by atoms with E-state index < -0.39 is 5.41 Å². The predicted molar refractivity (Wildman–Crippen MR) is 104 cm³/mol. The van der Waals surface area contributed by atoms with Crippen LogP contribution in [-0.4, -0.2) is 29.6 Å². The molecule has 0 atom stereocenters. The number of imidazole rings is 2. The van der Waals surface area contributed by atoms with Gasteiger partial charge in [0.2, 0.25) is 5.91 Å². The minimum atomic E-state index is -0.471. The number of rotatable bonds is 4. The molecule has 0 N–H and O–H groups in total. The van der Waals surface area contributed by atoms with E-state index in [2.05, 4.69) is 9.97 Å². The second kappa shape index (κ2) is 6.54. The third-order valence-corrected chi connectivity index (χ3v) is 4.62. The largest absolute Gasteiger partial charge is 0.330 e. The maximum absolute atomic E-state index is 13.2. The maximum Gasteiger partial charge on any atom is 0.228 e. The van der Waals surface area contributed by atoms with Gasteiger partial charge in [-0.05, 0) is 24.3 Å². The molecule has 6 nitrogen and oxygen atoms in total. The van der Waals surface area contributed by atoms with Gasteiger partial charge in [-0.25, -0.2) is 9.97 Å². The standard InChI is InChI=1S/C21H23N5O/c1-21(2,3)20(27)24(14-16-12-22-18-8-4-6-10-25(16)18)15-17-13-23-19-9-5-7-11-26(17)19/h4-13H,14-15H2,1-3H3. The van der Waals surface area contributed by atoms with Crippen molar-refractivity contribution in [2.75, 3.05) is 0 Å². The van der Waals surface area contributed by atoms with Gasteiger partial charge in [0.1, 0.15) is 11.3 Å². The van der Waals surface area contributed by atoms with E-state index in [-0.39, 0.29) is 5.91 Å². The lowest BCUT2D eigenvalue weighted by atomic mass is 9.94. The smallest absolute Gasteiger partial charge is 0.228 e. The zero-order chi connectivity index (χ0) is 19.0. The van der Waals surface area contributed by atoms with Gasteiger partial charge >= 0.3 is 0 Å². The van der Waals surface area contributed by atoms with Crippen molar-refractivity contribution in [1.82, 2.24) is 23.7 Å². The van der Waals surface area contributed by atoms with Crippen molar-refractivity contribution in [3.63, 3.8) is 0 Å². The fourth-order valence-electron chi connectivity index (χ4n) is 3.27. The lowest BCUT2D eigenvalue weighted by Crippen LogP contribution is -2.39. The van der Waals surface area contributed by atoms with Crippen molar-refractivity contribution in [2.45, 2.75) is 33.9 Å². The Balaban J connectivity index is 1.70. The Bertz CT molecular complexity index is 1030. The number of aromatic nitrogens is 4. The van der Waals surface area contributed by atoms with Crippen molar-refractivity contribution in [1.29, 1.82) is 0 Å². The molecule has 0 aliphatic heterocycles. The van der Waals surface area contributed by atoms with Gasteiger partial charge in [0.15, 0.2) is 0 Å². The average molecular weight is 361 g/mol. The number of pyridine rings is 2. The Labute approximate surface area is 158 Å². The van der Waals surface area contributed by atoms with Crippen LogP contribution in [0.15, 0.2) is 61.2 Å². The highest BCUT2D eigenvalue weighted by atomic mass is 16.2. The fourth-order valence-corrected chi connectivity index (χ4v) is 3.27. The molecule has 0 unspecified atom stereocenters. The molecule has 4 aromatic heterocycles. The molecular weight excluding hydrogens is 338 g/mol. The quantitative estimate of drug-likeness (QED) is 0.558. The number of amides is 1. The van der Waals surface area contributed by atoms with Gasteiger partial charge in [-0.1, -0.05) is 32.9 Å². The number of fused-ring (bicyclic) bond motifs is 2. The first-order valence-electron chi connectivity index (χ1n) is 9.05. The minimum Gasteiger partial charge on any atom is -0.330 e. The van der Waals surface area contributed by atoms with E-state index in [9.17, 15) is 4.79 Å². The second-order valence-corrected chi connectivity index (χ2v) is 7.77. The van der Waals surface area contributed by atoms with Crippen LogP contribution in [0.1, 0.15) is 32.2 Å². The molecule has 0 saturated heterocycles. The van der Waals surface area contributed by atoms with E-state index in [1.54, 1.807) is 0 Å². The summed E-state index contributed by atoms with van der Waals surface area (Å²) in [7, 11) is 0. The molecule has 138 valence electrons. The Kier molecular flexibility index (Phi) is 4.18. The van der Waals surface area contributed by atoms with Crippen molar-refractivity contribution in [3.05, 3.63) is 72.6 Å². The van der Waals surface area contributed by atoms with Crippen molar-refractivity contribution < 1.29 is 4.79 Å². The second-order valence-electron chi connectivity index (χ2n) is 7.77. The summed E-state index contributed by atoms with van der Waals surface area (Å²) in [6.45, 7) is 6.82. The molecule has 4 heterocycles. The first-order chi connectivity index (χ1) is 12.9. The van der Waals surface area contributed by atoms with Crippen LogP contribution in [0.5, 0.6) is 0 Å². The summed E-state index contributed by atoms with van der Waals surface area (Å²) in [5.41, 5.74) is 3.26. The summed E-state index contributed by atoms with van der Waals surface area (Å²) in [5.74, 6) is 0.0965. The number of hydrogen-bond donors (Lipinski definition) is 0. The Hall–Kier alpha value is -3.15. The van der Waals surface area contributed by atoms with Crippen LogP contribution in [-0.2, 0) is 17.9 Å². The van der Waals surface area contributed by atoms with E-state index in [1.165, 1.54) is 0 Å². The minimum absolute atomic E-state index is 0.0965. The predicted octanol–water partition coefficient (Wildman–Crippen LogP) is 3.56. The fraction of sp³-hybridized carbons (Fsp3) is 0.286. The summed E-state index contributed by atoms with van der Waals surface area (Å²) >= 11 is 0. The molecule has 1 amide bonds. The van der Waals surface area contributed by atoms with Crippen LogP contribution >= 0.6 is 0 Å². The first-order valence-corrected chi connectivity index (χ1v) is 9.05. The Morgan fingerprint density at radius 1 is 0.889 bits per heavy atom. The molecule has 0 fully saturated rings. The zero-order valence-corrected chi connectivity index (χ0v) is 15.8. The van der Waals surface area contributed by atoms with Crippen LogP contribution in [0.4, 0.5) is 0 Å². The molecule has 0 aliphatic carbocycles. The van der Waals surface area contributed by atoms with Gasteiger partial charge in [0, 0.05) is 17.8 Å². The van der Waals surface area contributed by atoms with E-state index in [0.29, 0.717) is 13.1 Å². The summed E-state index contributed by atoms with van der Waals surface area (Å²) in [6, 6.07) is 11.8. The van der Waals surface area contributed by atoms with Crippen molar-refractivity contribution in [3.8, 4) is 0 Å². The van der Waals surface area contributed by atoms with Gasteiger partial charge in [-0.15, -0.1) is 0 Å². The third-order valence-electron chi connectivity index (χ3n) is 4.62. The van der Waals surface area contributed by atoms with Crippen LogP contribution in [0.2, 0.25) is 0 Å². The Morgan fingerprint density at radius 3 is 1.81 bits per heavy atom. The highest BCUT2D eigenvalue weighted by Crippen LogP contribution is 2.22. The number of carbonyl (C=O) groups is 1. The summed E-state index contributed by atoms with van der Waals surface area (Å²) in [6.07, 6.45) is 7.64. The number of hydrogen-bond acceptors (Lipinski definition) is 3. The van der Waals surface area contributed by atoms with E-state index in [1.807, 2.05) is 95.7 Å². The molecule has 6 heteroatoms. The lowest BCUT2D eigenvalue weighted by molar-refractivity contribution is -0.140. The molecule has 4 rings (SSSR count). The SMILES string of the molecule is CC(C)(C)C(=O)N(Cc1cnc2ccccn12)Cc1cnc2ccccn12. The maximum atomic E-state index is 13.2. The molecule has 4 aromatic rings. The van der Waals surface area contributed by atoms with Crippen LogP contribution in [0.25, 0.3) is 11.3 Å². The first kappa shape index (κ1) is 17.3. The van der Waals surface area contributed by atoms with Crippen molar-refractivity contribution in [2.24, 2.45) is 5.41 Å². The molecule has 27 heavy (non-hydrogen) atoms. The van der Waals surface area contributed by atoms with E-state index >= 15 is 0 Å². The molecule has 0 aliphatic rings. The topological polar surface area (TPSA) is 54.9 Å². The van der Waals surface area contributed by atoms with Gasteiger partial charge in [-0.3, -0.25) is 4.79 Å². The third kappa shape index (κ3) is 3.30. The molecular formula is C21H23N5O. The highest BCUT2D eigenvalue weighted by molar-refractivity contribution is 5.81. The lowest BCUT2D eigenvalue weighted by Gasteiger charge is -2.29. The Morgan fingerprint density at radius 2 is 1.37 bits per heavy atom. The normalized spacial score (nSPS) is 12.0. The highest BCUT2D eigenvalue weighted by Gasteiger charge is 2.28. The van der Waals surface area contributed by atoms with Gasteiger partial charge < -0.3 is 13.7 Å². The van der Waals surface area contributed by atoms with Gasteiger partial charge in [0.25, 0.3) is 0 Å². The molecule has 0 saturated carbocycles. The van der Waals surface area contributed by atoms with Crippen LogP contribution in [0.3, 0.4) is 0 Å². The summed E-state index contributed by atoms with van der Waals surface area (Å²) in [4.78, 5) is 23.9. The van der Waals surface area contributed by atoms with Gasteiger partial charge in [-0.2, -0.15) is 0 Å².